The van der Waals surface area contributed by atoms with Crippen molar-refractivity contribution in [2.75, 3.05) is 18.5 Å². The van der Waals surface area contributed by atoms with Gasteiger partial charge in [0.05, 0.1) is 12.5 Å². The van der Waals surface area contributed by atoms with Gasteiger partial charge < -0.3 is 20.7 Å². The van der Waals surface area contributed by atoms with Crippen LogP contribution >= 0.6 is 0 Å². The molecule has 0 saturated heterocycles. The molecule has 30 heavy (non-hydrogen) atoms. The number of esters is 1. The molecule has 1 atom stereocenters. The summed E-state index contributed by atoms with van der Waals surface area (Å²) in [6.07, 6.45) is 0.758. The molecule has 3 amide bonds. The molecule has 7 heteroatoms. The van der Waals surface area contributed by atoms with Gasteiger partial charge >= 0.3 is 12.0 Å². The van der Waals surface area contributed by atoms with Crippen LogP contribution in [0.25, 0.3) is 0 Å². The van der Waals surface area contributed by atoms with Crippen LogP contribution in [0.15, 0.2) is 60.7 Å². The summed E-state index contributed by atoms with van der Waals surface area (Å²) in [4.78, 5) is 35.8. The summed E-state index contributed by atoms with van der Waals surface area (Å²) in [5.41, 5.74) is 1.67. The van der Waals surface area contributed by atoms with E-state index in [0.29, 0.717) is 11.6 Å². The third-order valence-corrected chi connectivity index (χ3v) is 4.25. The highest BCUT2D eigenvalue weighted by atomic mass is 16.5. The summed E-state index contributed by atoms with van der Waals surface area (Å²) in [5.74, 6) is -0.510. The van der Waals surface area contributed by atoms with E-state index < -0.39 is 12.0 Å². The standard InChI is InChI=1S/C23H29N3O4/c1-17(2)15-20(18-9-5-3-6-10-18)26-21(27)16-30-22(28)13-14-24-23(29)25-19-11-7-4-8-12-19/h3-12,17,20H,13-16H2,1-2H3,(H,26,27)(H2,24,25,29)/t20-/m0/s1. The predicted molar refractivity (Wildman–Crippen MR) is 116 cm³/mol. The van der Waals surface area contributed by atoms with Crippen LogP contribution in [-0.2, 0) is 14.3 Å². The van der Waals surface area contributed by atoms with Crippen molar-refractivity contribution in [1.29, 1.82) is 0 Å². The van der Waals surface area contributed by atoms with Gasteiger partial charge in [-0.3, -0.25) is 9.59 Å². The zero-order chi connectivity index (χ0) is 21.8. The fourth-order valence-electron chi connectivity index (χ4n) is 2.86. The first-order valence-electron chi connectivity index (χ1n) is 10.0. The molecule has 0 aliphatic rings. The van der Waals surface area contributed by atoms with Crippen LogP contribution < -0.4 is 16.0 Å². The van der Waals surface area contributed by atoms with Crippen LogP contribution in [-0.4, -0.2) is 31.1 Å². The molecule has 0 saturated carbocycles. The Labute approximate surface area is 177 Å². The Morgan fingerprint density at radius 3 is 2.20 bits per heavy atom. The van der Waals surface area contributed by atoms with Crippen LogP contribution in [0, 0.1) is 5.92 Å². The van der Waals surface area contributed by atoms with Gasteiger partial charge in [-0.15, -0.1) is 0 Å². The lowest BCUT2D eigenvalue weighted by atomic mass is 9.97. The SMILES string of the molecule is CC(C)C[C@H](NC(=O)COC(=O)CCNC(=O)Nc1ccccc1)c1ccccc1. The smallest absolute Gasteiger partial charge is 0.319 e. The molecule has 0 fully saturated rings. The average Bonchev–Trinajstić information content (AvgIpc) is 2.73. The number of rotatable bonds is 10. The van der Waals surface area contributed by atoms with Crippen molar-refractivity contribution in [3.63, 3.8) is 0 Å². The largest absolute Gasteiger partial charge is 0.456 e. The number of hydrogen-bond acceptors (Lipinski definition) is 4. The van der Waals surface area contributed by atoms with E-state index in [4.69, 9.17) is 4.74 Å². The lowest BCUT2D eigenvalue weighted by Crippen LogP contribution is -2.34. The highest BCUT2D eigenvalue weighted by Gasteiger charge is 2.17. The van der Waals surface area contributed by atoms with E-state index in [1.807, 2.05) is 48.5 Å². The average molecular weight is 412 g/mol. The number of urea groups is 1. The number of hydrogen-bond donors (Lipinski definition) is 3. The van der Waals surface area contributed by atoms with E-state index >= 15 is 0 Å². The second kappa shape index (κ2) is 12.3. The van der Waals surface area contributed by atoms with E-state index in [1.54, 1.807) is 12.1 Å². The van der Waals surface area contributed by atoms with Gasteiger partial charge in [0.25, 0.3) is 5.91 Å². The number of nitrogens with one attached hydrogen (secondary N) is 3. The molecule has 0 aromatic heterocycles. The second-order valence-corrected chi connectivity index (χ2v) is 7.32. The lowest BCUT2D eigenvalue weighted by molar-refractivity contribution is -0.148. The molecule has 2 rings (SSSR count). The maximum atomic E-state index is 12.2. The Bertz CT molecular complexity index is 810. The summed E-state index contributed by atoms with van der Waals surface area (Å²) in [6, 6.07) is 18.1. The molecule has 0 aliphatic heterocycles. The van der Waals surface area contributed by atoms with Crippen molar-refractivity contribution in [2.45, 2.75) is 32.7 Å². The molecule has 0 aliphatic carbocycles. The number of anilines is 1. The topological polar surface area (TPSA) is 96.5 Å². The molecule has 0 unspecified atom stereocenters. The zero-order valence-electron chi connectivity index (χ0n) is 17.4. The molecule has 160 valence electrons. The quantitative estimate of drug-likeness (QED) is 0.520. The van der Waals surface area contributed by atoms with Crippen molar-refractivity contribution in [1.82, 2.24) is 10.6 Å². The minimum Gasteiger partial charge on any atom is -0.456 e. The summed E-state index contributed by atoms with van der Waals surface area (Å²) in [6.45, 7) is 3.93. The summed E-state index contributed by atoms with van der Waals surface area (Å²) < 4.78 is 5.02. The van der Waals surface area contributed by atoms with E-state index in [0.717, 1.165) is 12.0 Å². The first kappa shape index (κ1) is 22.9. The summed E-state index contributed by atoms with van der Waals surface area (Å²) >= 11 is 0. The maximum Gasteiger partial charge on any atom is 0.319 e. The Morgan fingerprint density at radius 2 is 1.57 bits per heavy atom. The van der Waals surface area contributed by atoms with Crippen LogP contribution in [0.5, 0.6) is 0 Å². The Morgan fingerprint density at radius 1 is 0.933 bits per heavy atom. The fraction of sp³-hybridized carbons (Fsp3) is 0.348. The van der Waals surface area contributed by atoms with Crippen LogP contribution in [0.4, 0.5) is 10.5 Å². The zero-order valence-corrected chi connectivity index (χ0v) is 17.4. The van der Waals surface area contributed by atoms with Gasteiger partial charge in [0.1, 0.15) is 0 Å². The molecule has 2 aromatic carbocycles. The molecule has 7 nitrogen and oxygen atoms in total. The van der Waals surface area contributed by atoms with Gasteiger partial charge in [0, 0.05) is 12.2 Å². The van der Waals surface area contributed by atoms with Gasteiger partial charge in [0.2, 0.25) is 0 Å². The van der Waals surface area contributed by atoms with Gasteiger partial charge in [-0.2, -0.15) is 0 Å². The number of carbonyl (C=O) groups is 3. The highest BCUT2D eigenvalue weighted by Crippen LogP contribution is 2.20. The number of amides is 3. The normalized spacial score (nSPS) is 11.4. The van der Waals surface area contributed by atoms with Crippen molar-refractivity contribution in [3.8, 4) is 0 Å². The van der Waals surface area contributed by atoms with Crippen LogP contribution in [0.1, 0.15) is 38.3 Å². The van der Waals surface area contributed by atoms with Gasteiger partial charge in [0.15, 0.2) is 6.61 Å². The first-order chi connectivity index (χ1) is 14.4. The molecule has 3 N–H and O–H groups in total. The Balaban J connectivity index is 1.69. The number of benzene rings is 2. The predicted octanol–water partition coefficient (Wildman–Crippen LogP) is 3.65. The number of ether oxygens (including phenoxy) is 1. The Kier molecular flexibility index (Phi) is 9.37. The van der Waals surface area contributed by atoms with E-state index in [9.17, 15) is 14.4 Å². The maximum absolute atomic E-state index is 12.2. The highest BCUT2D eigenvalue weighted by molar-refractivity contribution is 5.89. The first-order valence-corrected chi connectivity index (χ1v) is 10.0. The molecule has 0 bridgehead atoms. The lowest BCUT2D eigenvalue weighted by Gasteiger charge is -2.21. The minimum absolute atomic E-state index is 0.0242. The van der Waals surface area contributed by atoms with Crippen LogP contribution in [0.3, 0.4) is 0 Å². The molecule has 0 radical (unpaired) electrons. The second-order valence-electron chi connectivity index (χ2n) is 7.32. The van der Waals surface area contributed by atoms with E-state index in [2.05, 4.69) is 29.8 Å². The third kappa shape index (κ3) is 8.77. The van der Waals surface area contributed by atoms with Crippen molar-refractivity contribution in [2.24, 2.45) is 5.92 Å². The molecule has 0 heterocycles. The van der Waals surface area contributed by atoms with Crippen molar-refractivity contribution < 1.29 is 19.1 Å². The monoisotopic (exact) mass is 411 g/mol. The molecule has 0 spiro atoms. The van der Waals surface area contributed by atoms with Crippen molar-refractivity contribution >= 4 is 23.6 Å². The number of carbonyl (C=O) groups excluding carboxylic acids is 3. The number of para-hydroxylation sites is 1. The van der Waals surface area contributed by atoms with Crippen LogP contribution in [0.2, 0.25) is 0 Å². The van der Waals surface area contributed by atoms with E-state index in [-0.39, 0.29) is 31.5 Å². The van der Waals surface area contributed by atoms with E-state index in [1.165, 1.54) is 0 Å². The summed E-state index contributed by atoms with van der Waals surface area (Å²) in [5, 5.41) is 8.15. The Hall–Kier alpha value is -3.35. The molecular weight excluding hydrogens is 382 g/mol. The minimum atomic E-state index is -0.551. The fourth-order valence-corrected chi connectivity index (χ4v) is 2.86. The third-order valence-electron chi connectivity index (χ3n) is 4.25. The van der Waals surface area contributed by atoms with Gasteiger partial charge in [-0.1, -0.05) is 62.4 Å². The van der Waals surface area contributed by atoms with Crippen molar-refractivity contribution in [3.05, 3.63) is 66.2 Å². The molecular formula is C23H29N3O4. The van der Waals surface area contributed by atoms with Gasteiger partial charge in [-0.25, -0.2) is 4.79 Å². The summed E-state index contributed by atoms with van der Waals surface area (Å²) in [7, 11) is 0. The molecule has 2 aromatic rings. The van der Waals surface area contributed by atoms with Gasteiger partial charge in [-0.05, 0) is 30.0 Å².